The van der Waals surface area contributed by atoms with E-state index in [1.807, 2.05) is 20.2 Å². The number of nitrogens with two attached hydrogens (primary N) is 1. The van der Waals surface area contributed by atoms with Gasteiger partial charge in [-0.15, -0.1) is 11.8 Å². The number of aromatic nitrogens is 2. The standard InChI is InChI=1S/C10H17N3O2S/c1-7(11)10(16-6-9(14)15-3)8-4-12-13(2)5-8/h4-5,7,10H,6,11H2,1-3H3. The van der Waals surface area contributed by atoms with Gasteiger partial charge in [0.05, 0.1) is 19.1 Å². The van der Waals surface area contributed by atoms with Crippen molar-refractivity contribution in [3.63, 3.8) is 0 Å². The van der Waals surface area contributed by atoms with Crippen LogP contribution in [-0.4, -0.2) is 34.7 Å². The highest BCUT2D eigenvalue weighted by Gasteiger charge is 2.19. The second-order valence-electron chi connectivity index (χ2n) is 3.61. The lowest BCUT2D eigenvalue weighted by molar-refractivity contribution is -0.137. The molecule has 2 N–H and O–H groups in total. The van der Waals surface area contributed by atoms with E-state index in [4.69, 9.17) is 5.73 Å². The Morgan fingerprint density at radius 2 is 2.44 bits per heavy atom. The lowest BCUT2D eigenvalue weighted by Crippen LogP contribution is -2.23. The molecule has 0 aliphatic carbocycles. The fraction of sp³-hybridized carbons (Fsp3) is 0.600. The zero-order valence-electron chi connectivity index (χ0n) is 9.71. The Bertz CT molecular complexity index is 352. The molecule has 0 radical (unpaired) electrons. The SMILES string of the molecule is COC(=O)CSC(c1cnn(C)c1)C(C)N. The number of methoxy groups -OCH3 is 1. The topological polar surface area (TPSA) is 70.1 Å². The van der Waals surface area contributed by atoms with Crippen LogP contribution in [0, 0.1) is 0 Å². The van der Waals surface area contributed by atoms with E-state index in [-0.39, 0.29) is 17.3 Å². The Morgan fingerprint density at radius 3 is 2.88 bits per heavy atom. The van der Waals surface area contributed by atoms with Gasteiger partial charge in [0.25, 0.3) is 0 Å². The Morgan fingerprint density at radius 1 is 1.75 bits per heavy atom. The fourth-order valence-corrected chi connectivity index (χ4v) is 2.41. The van der Waals surface area contributed by atoms with E-state index >= 15 is 0 Å². The normalized spacial score (nSPS) is 14.5. The van der Waals surface area contributed by atoms with Crippen LogP contribution < -0.4 is 5.73 Å². The van der Waals surface area contributed by atoms with Gasteiger partial charge < -0.3 is 10.5 Å². The number of hydrogen-bond donors (Lipinski definition) is 1. The van der Waals surface area contributed by atoms with Crippen molar-refractivity contribution in [1.29, 1.82) is 0 Å². The average molecular weight is 243 g/mol. The van der Waals surface area contributed by atoms with Crippen LogP contribution in [0.5, 0.6) is 0 Å². The number of rotatable bonds is 5. The Balaban J connectivity index is 2.65. The summed E-state index contributed by atoms with van der Waals surface area (Å²) in [6, 6.07) is -0.0427. The number of aryl methyl sites for hydroxylation is 1. The minimum atomic E-state index is -0.237. The maximum atomic E-state index is 11.1. The van der Waals surface area contributed by atoms with Crippen LogP contribution in [0.15, 0.2) is 12.4 Å². The van der Waals surface area contributed by atoms with Crippen LogP contribution in [0.3, 0.4) is 0 Å². The summed E-state index contributed by atoms with van der Waals surface area (Å²) in [7, 11) is 3.24. The van der Waals surface area contributed by atoms with E-state index < -0.39 is 0 Å². The van der Waals surface area contributed by atoms with E-state index in [0.717, 1.165) is 5.56 Å². The van der Waals surface area contributed by atoms with Crippen LogP contribution in [-0.2, 0) is 16.6 Å². The summed E-state index contributed by atoms with van der Waals surface area (Å²) >= 11 is 1.48. The zero-order chi connectivity index (χ0) is 12.1. The first-order valence-electron chi connectivity index (χ1n) is 4.97. The smallest absolute Gasteiger partial charge is 0.315 e. The summed E-state index contributed by atoms with van der Waals surface area (Å²) in [6.45, 7) is 1.92. The molecule has 0 spiro atoms. The maximum absolute atomic E-state index is 11.1. The molecule has 2 unspecified atom stereocenters. The van der Waals surface area contributed by atoms with E-state index in [2.05, 4.69) is 9.84 Å². The number of carbonyl (C=O) groups is 1. The lowest BCUT2D eigenvalue weighted by atomic mass is 10.1. The van der Waals surface area contributed by atoms with Gasteiger partial charge in [-0.1, -0.05) is 0 Å². The summed E-state index contributed by atoms with van der Waals surface area (Å²) in [4.78, 5) is 11.1. The highest BCUT2D eigenvalue weighted by Crippen LogP contribution is 2.30. The van der Waals surface area contributed by atoms with Gasteiger partial charge in [-0.05, 0) is 6.92 Å². The van der Waals surface area contributed by atoms with Crippen LogP contribution in [0.4, 0.5) is 0 Å². The highest BCUT2D eigenvalue weighted by atomic mass is 32.2. The molecule has 0 aliphatic heterocycles. The predicted molar refractivity (Wildman–Crippen MR) is 64.1 cm³/mol. The average Bonchev–Trinajstić information content (AvgIpc) is 2.64. The van der Waals surface area contributed by atoms with Crippen molar-refractivity contribution in [3.05, 3.63) is 18.0 Å². The summed E-state index contributed by atoms with van der Waals surface area (Å²) < 4.78 is 6.33. The second kappa shape index (κ2) is 5.91. The third-order valence-corrected chi connectivity index (χ3v) is 3.60. The first-order chi connectivity index (χ1) is 7.54. The van der Waals surface area contributed by atoms with Gasteiger partial charge in [-0.3, -0.25) is 9.48 Å². The molecule has 5 nitrogen and oxygen atoms in total. The molecule has 1 aromatic rings. The van der Waals surface area contributed by atoms with Gasteiger partial charge in [0.15, 0.2) is 0 Å². The minimum absolute atomic E-state index is 0.0427. The molecule has 0 saturated carbocycles. The van der Waals surface area contributed by atoms with E-state index in [1.165, 1.54) is 18.9 Å². The van der Waals surface area contributed by atoms with Crippen molar-refractivity contribution in [1.82, 2.24) is 9.78 Å². The number of esters is 1. The molecule has 0 aromatic carbocycles. The summed E-state index contributed by atoms with van der Waals surface area (Å²) in [6.07, 6.45) is 3.69. The van der Waals surface area contributed by atoms with Crippen molar-refractivity contribution in [2.45, 2.75) is 18.2 Å². The molecule has 16 heavy (non-hydrogen) atoms. The molecule has 1 rings (SSSR count). The summed E-state index contributed by atoms with van der Waals surface area (Å²) in [5.41, 5.74) is 6.93. The molecule has 2 atom stereocenters. The van der Waals surface area contributed by atoms with Crippen molar-refractivity contribution >= 4 is 17.7 Å². The molecule has 6 heteroatoms. The Labute approximate surface area is 99.3 Å². The molecule has 0 amide bonds. The molecule has 0 aliphatic rings. The summed E-state index contributed by atoms with van der Waals surface area (Å²) in [5, 5.41) is 4.16. The van der Waals surface area contributed by atoms with Crippen LogP contribution in [0.2, 0.25) is 0 Å². The first-order valence-corrected chi connectivity index (χ1v) is 6.02. The first kappa shape index (κ1) is 13.1. The number of ether oxygens (including phenoxy) is 1. The second-order valence-corrected chi connectivity index (χ2v) is 4.74. The molecule has 1 aromatic heterocycles. The number of carbonyl (C=O) groups excluding carboxylic acids is 1. The Hall–Kier alpha value is -1.01. The number of thioether (sulfide) groups is 1. The third kappa shape index (κ3) is 3.53. The molecule has 0 bridgehead atoms. The monoisotopic (exact) mass is 243 g/mol. The predicted octanol–water partition coefficient (Wildman–Crippen LogP) is 0.715. The van der Waals surface area contributed by atoms with Crippen molar-refractivity contribution in [2.24, 2.45) is 12.8 Å². The molecule has 0 saturated heterocycles. The Kier molecular flexibility index (Phi) is 4.82. The number of nitrogens with zero attached hydrogens (tertiary/aromatic N) is 2. The number of hydrogen-bond acceptors (Lipinski definition) is 5. The van der Waals surface area contributed by atoms with Crippen LogP contribution in [0.25, 0.3) is 0 Å². The van der Waals surface area contributed by atoms with Gasteiger partial charge in [0.2, 0.25) is 0 Å². The van der Waals surface area contributed by atoms with E-state index in [1.54, 1.807) is 10.9 Å². The van der Waals surface area contributed by atoms with Gasteiger partial charge in [-0.2, -0.15) is 5.10 Å². The molecular formula is C10H17N3O2S. The van der Waals surface area contributed by atoms with Crippen LogP contribution >= 0.6 is 11.8 Å². The summed E-state index contributed by atoms with van der Waals surface area (Å²) in [5.74, 6) is 0.0666. The largest absolute Gasteiger partial charge is 0.468 e. The van der Waals surface area contributed by atoms with Gasteiger partial charge in [0, 0.05) is 30.1 Å². The van der Waals surface area contributed by atoms with Gasteiger partial charge >= 0.3 is 5.97 Å². The minimum Gasteiger partial charge on any atom is -0.468 e. The van der Waals surface area contributed by atoms with E-state index in [9.17, 15) is 4.79 Å². The van der Waals surface area contributed by atoms with Crippen molar-refractivity contribution < 1.29 is 9.53 Å². The van der Waals surface area contributed by atoms with Crippen molar-refractivity contribution in [3.8, 4) is 0 Å². The lowest BCUT2D eigenvalue weighted by Gasteiger charge is -2.18. The highest BCUT2D eigenvalue weighted by molar-refractivity contribution is 8.00. The van der Waals surface area contributed by atoms with Gasteiger partial charge in [0.1, 0.15) is 0 Å². The fourth-order valence-electron chi connectivity index (χ4n) is 1.36. The van der Waals surface area contributed by atoms with Crippen LogP contribution in [0.1, 0.15) is 17.7 Å². The van der Waals surface area contributed by atoms with Crippen molar-refractivity contribution in [2.75, 3.05) is 12.9 Å². The molecule has 90 valence electrons. The zero-order valence-corrected chi connectivity index (χ0v) is 10.5. The van der Waals surface area contributed by atoms with E-state index in [0.29, 0.717) is 5.75 Å². The maximum Gasteiger partial charge on any atom is 0.315 e. The molecular weight excluding hydrogens is 226 g/mol. The third-order valence-electron chi connectivity index (χ3n) is 2.14. The quantitative estimate of drug-likeness (QED) is 0.771. The molecule has 1 heterocycles. The molecule has 0 fully saturated rings. The van der Waals surface area contributed by atoms with Gasteiger partial charge in [-0.25, -0.2) is 0 Å².